The summed E-state index contributed by atoms with van der Waals surface area (Å²) < 4.78 is 0. The number of rotatable bonds is 39. The van der Waals surface area contributed by atoms with E-state index in [0.717, 1.165) is 0 Å². The summed E-state index contributed by atoms with van der Waals surface area (Å²) in [6.07, 6.45) is 5.61. The van der Waals surface area contributed by atoms with E-state index in [1.165, 1.54) is 70.2 Å². The smallest absolute Gasteiger partial charge is 0.549 e. The minimum atomic E-state index is -1.50. The maximum absolute atomic E-state index is 14.5. The number of para-hydroxylation sites is 1. The fourth-order valence-electron chi connectivity index (χ4n) is 11.0. The number of aliphatic carboxylic acids is 3. The number of carboxylic acids is 3. The van der Waals surface area contributed by atoms with Crippen LogP contribution in [0.15, 0.2) is 67.3 Å². The van der Waals surface area contributed by atoms with Crippen molar-refractivity contribution in [1.29, 1.82) is 0 Å². The topological polar surface area (TPSA) is 526 Å². The zero-order chi connectivity index (χ0) is 75.2. The molecule has 2 aromatic carbocycles. The Morgan fingerprint density at radius 3 is 1.61 bits per heavy atom. The van der Waals surface area contributed by atoms with Crippen molar-refractivity contribution in [3.8, 4) is 0 Å². The first kappa shape index (κ1) is 86.6. The van der Waals surface area contributed by atoms with Crippen molar-refractivity contribution in [3.05, 3.63) is 84.1 Å². The van der Waals surface area contributed by atoms with Crippen LogP contribution in [0.4, 0.5) is 5.69 Å². The van der Waals surface area contributed by atoms with Crippen LogP contribution in [0, 0.1) is 48.7 Å². The maximum atomic E-state index is 14.5. The van der Waals surface area contributed by atoms with Gasteiger partial charge in [0.25, 0.3) is 5.91 Å². The molecule has 11 amide bonds. The van der Waals surface area contributed by atoms with Crippen LogP contribution in [-0.4, -0.2) is 257 Å². The van der Waals surface area contributed by atoms with Crippen LogP contribution in [0.3, 0.4) is 0 Å². The van der Waals surface area contributed by atoms with Gasteiger partial charge in [-0.3, -0.25) is 72.3 Å². The second-order valence-electron chi connectivity index (χ2n) is 25.5. The number of carboxylic acid groups (broad SMARTS) is 3. The molecule has 5 rings (SSSR count). The Morgan fingerprint density at radius 1 is 0.563 bits per heavy atom. The number of H-pyrrole nitrogens is 2. The zero-order valence-electron chi connectivity index (χ0n) is 58.2. The second kappa shape index (κ2) is 44.0. The van der Waals surface area contributed by atoms with Crippen molar-refractivity contribution in [2.75, 3.05) is 102 Å². The summed E-state index contributed by atoms with van der Waals surface area (Å²) in [4.78, 5) is 201. The van der Waals surface area contributed by atoms with E-state index in [-0.39, 0.29) is 145 Å². The predicted molar refractivity (Wildman–Crippen MR) is 367 cm³/mol. The van der Waals surface area contributed by atoms with Crippen LogP contribution >= 0.6 is 11.8 Å². The first-order chi connectivity index (χ1) is 48.4. The first-order valence-corrected chi connectivity index (χ1v) is 34.6. The van der Waals surface area contributed by atoms with Crippen LogP contribution in [0.5, 0.6) is 0 Å². The molecular weight excluding hydrogens is 1530 g/mol. The number of nitrogens with zero attached hydrogens (tertiary/aromatic N) is 5. The molecule has 15 N–H and O–H groups in total. The number of nitrogens with two attached hydrogens (primary N) is 2. The van der Waals surface area contributed by atoms with Gasteiger partial charge in [0, 0.05) is 131 Å². The van der Waals surface area contributed by atoms with Crippen molar-refractivity contribution in [1.82, 2.24) is 77.1 Å². The Bertz CT molecular complexity index is 3510. The van der Waals surface area contributed by atoms with E-state index in [4.69, 9.17) is 11.5 Å². The third-order valence-corrected chi connectivity index (χ3v) is 17.1. The maximum Gasteiger partial charge on any atom is 3.00 e. The fourth-order valence-corrected chi connectivity index (χ4v) is 11.4. The van der Waals surface area contributed by atoms with Gasteiger partial charge in [0.15, 0.2) is 0 Å². The Balaban J connectivity index is 0.0000225. The average molecular weight is 1620 g/mol. The largest absolute Gasteiger partial charge is 3.00 e. The van der Waals surface area contributed by atoms with Crippen molar-refractivity contribution in [2.24, 2.45) is 23.3 Å². The molecule has 0 saturated carbocycles. The van der Waals surface area contributed by atoms with Crippen molar-refractivity contribution >= 4 is 111 Å². The van der Waals surface area contributed by atoms with E-state index in [1.54, 1.807) is 49.2 Å². The standard InChI is InChI=1S/C66H96N18O17S.Lu/c1-38(2)27-49(64(99)76-47(59(68)94)17-26-102-6)78-65(100)51(29-44-31-69-37-72-44)75-53(86)32-71-66(101)58(39(3)4)80-60(95)40(5)73-63(98)50(28-42-30-70-46-10-8-7-9-45(42)46)79-62(97)48(15-16-52(67)85)77-61(96)41-11-13-43(14-12-41)74-54(87)33-81-18-20-82(34-55(88)89)22-24-84(36-57(92)93)25-23-83(21-19-81)35-56(90)91;/h7-14,30-31,37-40,47-51,58,70H,15-29,32-36H2,1-6H3,(H2,67,85)(H2,68,94)(H,69,72)(H,71,101)(H,73,98)(H,74,87)(H,75,86)(H,76,99)(H,77,96)(H,78,100)(H,79,97)(H,80,95)(H,88,89)(H,90,91)(H,92,93);/q;+3/p-3/t40-,47-,48-,49-,50-,51-,58-;/m0./s1/i;1+2. The summed E-state index contributed by atoms with van der Waals surface area (Å²) in [5.41, 5.74) is 13.0. The molecule has 0 radical (unpaired) electrons. The number of nitrogens with one attached hydrogen (secondary N) is 11. The molecule has 570 valence electrons. The van der Waals surface area contributed by atoms with Gasteiger partial charge in [-0.15, -0.1) is 0 Å². The Hall–Kier alpha value is -8.81. The molecular formula is C66H93LuN18O17S. The van der Waals surface area contributed by atoms with E-state index in [9.17, 15) is 82.4 Å². The molecule has 7 atom stereocenters. The normalized spacial score (nSPS) is 15.5. The van der Waals surface area contributed by atoms with E-state index in [0.29, 0.717) is 27.9 Å². The molecule has 1 saturated heterocycles. The second-order valence-corrected chi connectivity index (χ2v) is 26.5. The Labute approximate surface area is 628 Å². The van der Waals surface area contributed by atoms with Gasteiger partial charge in [0.1, 0.15) is 42.3 Å². The van der Waals surface area contributed by atoms with E-state index in [2.05, 4.69) is 62.8 Å². The van der Waals surface area contributed by atoms with Gasteiger partial charge in [-0.25, -0.2) is 4.98 Å². The Kier molecular flexibility index (Phi) is 37.0. The van der Waals surface area contributed by atoms with Gasteiger partial charge in [0.2, 0.25) is 59.1 Å². The molecule has 1 fully saturated rings. The third kappa shape index (κ3) is 31.0. The molecule has 103 heavy (non-hydrogen) atoms. The molecule has 1 aliphatic rings. The summed E-state index contributed by atoms with van der Waals surface area (Å²) in [6.45, 7) is 6.68. The third-order valence-electron chi connectivity index (χ3n) is 16.5. The number of aromatic amines is 2. The number of amides is 11. The summed E-state index contributed by atoms with van der Waals surface area (Å²) in [7, 11) is 0. The van der Waals surface area contributed by atoms with Crippen LogP contribution < -0.4 is 74.6 Å². The number of aromatic nitrogens is 3. The first-order valence-electron chi connectivity index (χ1n) is 33.3. The van der Waals surface area contributed by atoms with Crippen LogP contribution in [-0.2, 0) is 75.2 Å². The van der Waals surface area contributed by atoms with Gasteiger partial charge in [-0.05, 0) is 85.9 Å². The number of anilines is 1. The van der Waals surface area contributed by atoms with Gasteiger partial charge in [-0.2, -0.15) is 11.8 Å². The number of imidazole rings is 1. The molecule has 35 nitrogen and oxygen atoms in total. The van der Waals surface area contributed by atoms with Crippen LogP contribution in [0.25, 0.3) is 10.9 Å². The van der Waals surface area contributed by atoms with Crippen LogP contribution in [0.1, 0.15) is 81.9 Å². The number of thioether (sulfide) groups is 1. The monoisotopic (exact) mass is 1620 g/mol. The van der Waals surface area contributed by atoms with E-state index < -0.39 is 164 Å². The van der Waals surface area contributed by atoms with Gasteiger partial charge in [0.05, 0.1) is 37.3 Å². The SMILES string of the molecule is CSCC[C@H](NC(=O)[C@H](CC(C)C)NC(=O)[C@H](Cc1cnc[nH]1)NC(=O)CNC(=O)[C@@H](NC(=O)[C@H](C)NC(=O)[C@H](Cc1c[nH]c2ccccc12)NC(=O)[C@H](CCC(N)=O)NC(=O)c1ccc(NC(=O)CN2CCN(CC(=O)[O-])CCN(CC(=O)[O-])CCN(CC(=O)[O-])CC2)cc1)C(C)C)C(N)=O.[177Lu+3]. The molecule has 0 unspecified atom stereocenters. The van der Waals surface area contributed by atoms with Crippen molar-refractivity contribution in [3.63, 3.8) is 0 Å². The summed E-state index contributed by atoms with van der Waals surface area (Å²) >= 11 is 1.45. The minimum absolute atomic E-state index is 0. The molecule has 2 aromatic heterocycles. The summed E-state index contributed by atoms with van der Waals surface area (Å²) in [6, 6.07) is 3.46. The molecule has 3 heterocycles. The average Bonchev–Trinajstić information content (AvgIpc) is 1.70. The van der Waals surface area contributed by atoms with E-state index >= 15 is 0 Å². The van der Waals surface area contributed by atoms with Gasteiger partial charge in [-0.1, -0.05) is 45.9 Å². The quantitative estimate of drug-likeness (QED) is 0.0197. The number of hydrogen-bond acceptors (Lipinski definition) is 23. The summed E-state index contributed by atoms with van der Waals surface area (Å²) in [5, 5.41) is 59.0. The molecule has 0 bridgehead atoms. The molecule has 37 heteroatoms. The van der Waals surface area contributed by atoms with E-state index in [1.807, 2.05) is 20.1 Å². The Morgan fingerprint density at radius 2 is 1.09 bits per heavy atom. The fraction of sp³-hybridized carbons (Fsp3) is 0.530. The molecule has 1 aliphatic heterocycles. The number of carbonyl (C=O) groups excluding carboxylic acids is 14. The molecule has 4 aromatic rings. The van der Waals surface area contributed by atoms with Gasteiger partial charge < -0.3 is 99.0 Å². The molecule has 0 aliphatic carbocycles. The number of fused-ring (bicyclic) bond motifs is 1. The molecule has 0 spiro atoms. The number of carbonyl (C=O) groups is 14. The number of benzene rings is 2. The number of primary amides is 2. The zero-order valence-corrected chi connectivity index (χ0v) is 60.7. The van der Waals surface area contributed by atoms with Crippen LogP contribution in [0.2, 0.25) is 0 Å². The van der Waals surface area contributed by atoms with Crippen molar-refractivity contribution in [2.45, 2.75) is 115 Å². The predicted octanol–water partition coefficient (Wildman–Crippen LogP) is -6.86. The van der Waals surface area contributed by atoms with Crippen molar-refractivity contribution < 1.29 is 119 Å². The summed E-state index contributed by atoms with van der Waals surface area (Å²) in [5.74, 6) is -13.0. The minimum Gasteiger partial charge on any atom is -0.549 e. The van der Waals surface area contributed by atoms with Gasteiger partial charge >= 0.3 is 36.9 Å². The number of hydrogen-bond donors (Lipinski definition) is 13.